The molecule has 17 bridgehead atoms. The lowest BCUT2D eigenvalue weighted by Crippen LogP contribution is -2.55. The lowest BCUT2D eigenvalue weighted by Gasteiger charge is -2.31. The number of hydrogen-bond acceptors (Lipinski definition) is 22. The van der Waals surface area contributed by atoms with Gasteiger partial charge in [0.05, 0.1) is 30.4 Å². The van der Waals surface area contributed by atoms with Crippen LogP contribution in [0.3, 0.4) is 0 Å². The normalized spacial score (nSPS) is 21.0. The fourth-order valence-electron chi connectivity index (χ4n) is 12.6. The number of nitrogens with one attached hydrogen (secondary N) is 7. The minimum Gasteiger partial charge on any atom is -0.508 e. The average Bonchev–Trinajstić information content (AvgIpc) is 0.754. The zero-order chi connectivity index (χ0) is 73.2. The zero-order valence-electron chi connectivity index (χ0n) is 54.6. The predicted octanol–water partition coefficient (Wildman–Crippen LogP) is 7.05. The van der Waals surface area contributed by atoms with Crippen molar-refractivity contribution in [1.29, 1.82) is 0 Å². The molecule has 7 aliphatic rings. The molecule has 1 fully saturated rings. The predicted molar refractivity (Wildman–Crippen MR) is 366 cm³/mol. The fourth-order valence-corrected chi connectivity index (χ4v) is 13.0. The summed E-state index contributed by atoms with van der Waals surface area (Å²) in [5, 5.41) is 87.5. The number of methoxy groups -OCH3 is 1. The van der Waals surface area contributed by atoms with Crippen LogP contribution >= 0.6 is 23.2 Å². The Balaban J connectivity index is 1.01. The van der Waals surface area contributed by atoms with Crippen molar-refractivity contribution in [1.82, 2.24) is 42.1 Å². The Morgan fingerprint density at radius 2 is 1.19 bits per heavy atom. The second-order valence-electron chi connectivity index (χ2n) is 24.7. The van der Waals surface area contributed by atoms with Gasteiger partial charge in [0.2, 0.25) is 41.2 Å². The molecule has 13 N–H and O–H groups in total. The third-order valence-corrected chi connectivity index (χ3v) is 18.4. The highest BCUT2D eigenvalue weighted by molar-refractivity contribution is 6.32. The highest BCUT2D eigenvalue weighted by Crippen LogP contribution is 2.49. The number of phenols is 5. The third-order valence-electron chi connectivity index (χ3n) is 17.8. The van der Waals surface area contributed by atoms with E-state index in [4.69, 9.17) is 56.4 Å². The van der Waals surface area contributed by atoms with E-state index in [1.54, 1.807) is 30.3 Å². The van der Waals surface area contributed by atoms with Gasteiger partial charge >= 0.3 is 12.1 Å². The number of hydrogen-bond donors (Lipinski definition) is 13. The van der Waals surface area contributed by atoms with Crippen LogP contribution in [0.25, 0.3) is 11.1 Å². The first-order valence-corrected chi connectivity index (χ1v) is 33.1. The minimum absolute atomic E-state index is 0.00300. The van der Waals surface area contributed by atoms with Crippen molar-refractivity contribution in [3.05, 3.63) is 200 Å². The van der Waals surface area contributed by atoms with Crippen LogP contribution in [0, 0.1) is 0 Å². The number of carbonyl (C=O) groups is 8. The lowest BCUT2D eigenvalue weighted by atomic mass is 9.89. The molecule has 0 aromatic heterocycles. The van der Waals surface area contributed by atoms with E-state index in [1.165, 1.54) is 72.8 Å². The van der Waals surface area contributed by atoms with Gasteiger partial charge in [0, 0.05) is 54.9 Å². The number of phenolic OH excluding ortho intramolecular Hbond substituents is 5. The second-order valence-corrected chi connectivity index (χ2v) is 25.5. The summed E-state index contributed by atoms with van der Waals surface area (Å²) in [6.07, 6.45) is -3.61. The van der Waals surface area contributed by atoms with Crippen molar-refractivity contribution in [3.63, 3.8) is 0 Å². The van der Waals surface area contributed by atoms with Crippen molar-refractivity contribution in [2.45, 2.75) is 61.4 Å². The van der Waals surface area contributed by atoms with Gasteiger partial charge in [-0.3, -0.25) is 33.7 Å². The molecule has 0 spiro atoms. The van der Waals surface area contributed by atoms with E-state index in [0.29, 0.717) is 38.4 Å². The molecule has 8 aromatic carbocycles. The standard InChI is InChI=1S/C73H64Cl2N8O21/c1-98-72(96)62-45-31-42(85)32-51(88)57(45)44-25-36(8-11-49(44)86)58-68(92)81-63(71(95)80-62)64(89)38-10-14-53(47(75)26-38)104-56-29-40-28-55(65(56)100-20-17-83-15-18-99-19-16-83)103-52-13-7-35(21-46(52)74)22-48-66(90)77-60(69(93)79-61(40)70(94)78-58)39-23-41(84)30-43(24-39)102-54-27-37(9-12-50(54)87)59(67(91)76-48)82-73(97)101-33-34-5-3-2-4-6-34/h2-14,21,23-32,48,58-64,84-89H,15-20,22,33H2,1H3,(H,76,91)(H,77,90)(H,78,94)(H,79,93)(H,80,95)(H,81,92)(H,82,97)/t48-,58-,59+,60+,61-,62+,63+,64-/m1/s1. The van der Waals surface area contributed by atoms with E-state index in [0.717, 1.165) is 49.6 Å². The number of morpholine rings is 1. The number of nitrogens with zero attached hydrogens (tertiary/aromatic N) is 1. The number of carbonyl (C=O) groups excluding carboxylic acids is 8. The van der Waals surface area contributed by atoms with Crippen LogP contribution in [0.4, 0.5) is 4.79 Å². The first-order valence-electron chi connectivity index (χ1n) is 32.4. The molecule has 104 heavy (non-hydrogen) atoms. The smallest absolute Gasteiger partial charge is 0.408 e. The fraction of sp³-hybridized carbons (Fsp3) is 0.233. The summed E-state index contributed by atoms with van der Waals surface area (Å²) in [5.74, 6) is -13.1. The molecule has 536 valence electrons. The van der Waals surface area contributed by atoms with Crippen molar-refractivity contribution in [2.75, 3.05) is 46.6 Å². The van der Waals surface area contributed by atoms with Gasteiger partial charge in [-0.05, 0) is 118 Å². The Hall–Kier alpha value is -12.0. The van der Waals surface area contributed by atoms with Gasteiger partial charge in [-0.2, -0.15) is 0 Å². The minimum atomic E-state index is -2.17. The maximum atomic E-state index is 16.2. The number of rotatable bonds is 8. The van der Waals surface area contributed by atoms with Gasteiger partial charge in [0.25, 0.3) is 0 Å². The van der Waals surface area contributed by atoms with Crippen molar-refractivity contribution < 1.29 is 102 Å². The van der Waals surface area contributed by atoms with Gasteiger partial charge in [0.15, 0.2) is 29.0 Å². The molecule has 15 rings (SSSR count). The molecule has 0 unspecified atom stereocenters. The monoisotopic (exact) mass is 1460 g/mol. The van der Waals surface area contributed by atoms with E-state index < -0.39 is 137 Å². The number of esters is 1. The van der Waals surface area contributed by atoms with Crippen LogP contribution in [-0.4, -0.2) is 142 Å². The summed E-state index contributed by atoms with van der Waals surface area (Å²) in [7, 11) is 0.975. The molecule has 29 nitrogen and oxygen atoms in total. The number of aliphatic hydroxyl groups excluding tert-OH is 1. The molecule has 7 heterocycles. The molecular weight excluding hydrogens is 1400 g/mol. The third kappa shape index (κ3) is 15.1. The summed E-state index contributed by atoms with van der Waals surface area (Å²) in [6, 6.07) is 17.7. The van der Waals surface area contributed by atoms with E-state index in [-0.39, 0.29) is 108 Å². The van der Waals surface area contributed by atoms with Gasteiger partial charge < -0.3 is 101 Å². The molecule has 8 atom stereocenters. The number of alkyl carbamates (subject to hydrolysis) is 1. The molecule has 7 amide bonds. The average molecular weight is 1460 g/mol. The number of fused-ring (bicyclic) bond motifs is 14. The topological polar surface area (TPSA) is 410 Å². The largest absolute Gasteiger partial charge is 0.508 e. The molecule has 1 saturated heterocycles. The number of ether oxygens (including phenoxy) is 7. The Morgan fingerprint density at radius 1 is 0.567 bits per heavy atom. The van der Waals surface area contributed by atoms with Crippen molar-refractivity contribution in [3.8, 4) is 80.1 Å². The van der Waals surface area contributed by atoms with Crippen molar-refractivity contribution >= 4 is 70.7 Å². The maximum absolute atomic E-state index is 16.2. The zero-order valence-corrected chi connectivity index (χ0v) is 56.2. The quantitative estimate of drug-likeness (QED) is 0.0678. The number of aromatic hydroxyl groups is 5. The SMILES string of the molecule is COC(=O)[C@H]1NC(=O)[C@H]2NC(=O)[C@H](NC(=O)[C@@H]3NC(=O)[C@H]4NC(=O)[C@@H](Cc5ccc(c(Cl)c5)Oc5cc3cc(c5OCCN3CCOCC3)Oc3ccc(cc3Cl)[C@H]2O)NC(=O)[C@@H](NC(=O)OCc2ccccc2)c2ccc(O)c(c2)Oc2cc(O)cc4c2)c2ccc(O)c(c2)-c2c(O)cc(O)cc21. The summed E-state index contributed by atoms with van der Waals surface area (Å²) in [6.45, 7) is 1.98. The van der Waals surface area contributed by atoms with E-state index in [2.05, 4.69) is 42.1 Å². The Bertz CT molecular complexity index is 4770. The van der Waals surface area contributed by atoms with Crippen LogP contribution in [0.1, 0.15) is 80.8 Å². The maximum Gasteiger partial charge on any atom is 0.408 e. The Kier molecular flexibility index (Phi) is 20.2. The number of halogens is 2. The van der Waals surface area contributed by atoms with Crippen LogP contribution in [0.15, 0.2) is 146 Å². The second kappa shape index (κ2) is 29.9. The van der Waals surface area contributed by atoms with Crippen LogP contribution in [-0.2, 0) is 60.8 Å². The van der Waals surface area contributed by atoms with Gasteiger partial charge in [-0.25, -0.2) is 9.59 Å². The molecule has 0 radical (unpaired) electrons. The van der Waals surface area contributed by atoms with Gasteiger partial charge in [0.1, 0.15) is 95.8 Å². The summed E-state index contributed by atoms with van der Waals surface area (Å²) in [4.78, 5) is 123. The highest BCUT2D eigenvalue weighted by atomic mass is 35.5. The Labute approximate surface area is 600 Å². The molecular formula is C73H64Cl2N8O21. The van der Waals surface area contributed by atoms with Crippen LogP contribution in [0.5, 0.6) is 69.0 Å². The number of amides is 7. The first kappa shape index (κ1) is 70.4. The first-order chi connectivity index (χ1) is 50.0. The van der Waals surface area contributed by atoms with E-state index in [1.807, 2.05) is 0 Å². The molecule has 31 heteroatoms. The van der Waals surface area contributed by atoms with E-state index >= 15 is 28.8 Å². The van der Waals surface area contributed by atoms with Gasteiger partial charge in [-0.15, -0.1) is 0 Å². The molecule has 0 aliphatic carbocycles. The van der Waals surface area contributed by atoms with Gasteiger partial charge in [-0.1, -0.05) is 77.8 Å². The molecule has 0 saturated carbocycles. The highest BCUT2D eigenvalue weighted by Gasteiger charge is 2.42. The van der Waals surface area contributed by atoms with Crippen LogP contribution in [0.2, 0.25) is 10.0 Å². The molecule has 7 aliphatic heterocycles. The summed E-state index contributed by atoms with van der Waals surface area (Å²) >= 11 is 14.3. The van der Waals surface area contributed by atoms with Crippen LogP contribution < -0.4 is 56.2 Å². The summed E-state index contributed by atoms with van der Waals surface area (Å²) < 4.78 is 42.4. The summed E-state index contributed by atoms with van der Waals surface area (Å²) in [5.41, 5.74) is -1.13. The lowest BCUT2D eigenvalue weighted by molar-refractivity contribution is -0.146. The Morgan fingerprint density at radius 3 is 1.89 bits per heavy atom. The van der Waals surface area contributed by atoms with E-state index in [9.17, 15) is 40.2 Å². The molecule has 8 aromatic rings. The van der Waals surface area contributed by atoms with Crippen molar-refractivity contribution in [2.24, 2.45) is 0 Å². The number of benzene rings is 8. The number of aliphatic hydroxyl groups is 1.